The molecule has 68 heavy (non-hydrogen) atoms. The number of nitrogens with zero attached hydrogens (tertiary/aromatic N) is 6. The van der Waals surface area contributed by atoms with Crippen LogP contribution in [0.4, 0.5) is 11.4 Å². The molecule has 6 nitrogen and oxygen atoms in total. The first-order chi connectivity index (χ1) is 33.7. The minimum Gasteiger partial charge on any atom is -0.333 e. The van der Waals surface area contributed by atoms with Gasteiger partial charge in [0, 0.05) is 50.3 Å². The van der Waals surface area contributed by atoms with Gasteiger partial charge in [-0.05, 0) is 70.3 Å². The summed E-state index contributed by atoms with van der Waals surface area (Å²) in [6.07, 6.45) is 9.06. The maximum Gasteiger partial charge on any atom is 0.238 e. The second kappa shape index (κ2) is 16.5. The number of benzene rings is 8. The van der Waals surface area contributed by atoms with Gasteiger partial charge >= 0.3 is 0 Å². The number of rotatable bonds is 8. The number of allylic oxidation sites excluding steroid dienone is 2. The summed E-state index contributed by atoms with van der Waals surface area (Å²) >= 11 is 0. The molecule has 0 spiro atoms. The van der Waals surface area contributed by atoms with E-state index in [0.29, 0.717) is 17.6 Å². The van der Waals surface area contributed by atoms with Gasteiger partial charge in [0.2, 0.25) is 5.95 Å². The molecule has 0 fully saturated rings. The van der Waals surface area contributed by atoms with Gasteiger partial charge in [0.05, 0.1) is 28.5 Å². The molecule has 0 amide bonds. The highest BCUT2D eigenvalue weighted by atomic mass is 15.2. The van der Waals surface area contributed by atoms with Crippen LogP contribution < -0.4 is 4.90 Å². The van der Waals surface area contributed by atoms with Gasteiger partial charge in [-0.15, -0.1) is 0 Å². The predicted molar refractivity (Wildman–Crippen MR) is 278 cm³/mol. The fraction of sp³-hybridized carbons (Fsp3) is 0.0323. The van der Waals surface area contributed by atoms with Crippen molar-refractivity contribution in [1.29, 1.82) is 0 Å². The molecule has 1 aliphatic carbocycles. The summed E-state index contributed by atoms with van der Waals surface area (Å²) in [6, 6.07) is 77.0. The number of hydrogen-bond acceptors (Lipinski definition) is 5. The highest BCUT2D eigenvalue weighted by molar-refractivity contribution is 6.11. The van der Waals surface area contributed by atoms with Crippen LogP contribution in [0.2, 0.25) is 0 Å². The first-order valence-corrected chi connectivity index (χ1v) is 23.1. The zero-order chi connectivity index (χ0) is 45.0. The van der Waals surface area contributed by atoms with Gasteiger partial charge < -0.3 is 4.90 Å². The van der Waals surface area contributed by atoms with Gasteiger partial charge in [-0.1, -0.05) is 200 Å². The molecular formula is C62H42N6. The van der Waals surface area contributed by atoms with Crippen molar-refractivity contribution >= 4 is 33.2 Å². The van der Waals surface area contributed by atoms with Gasteiger partial charge in [-0.2, -0.15) is 9.97 Å². The van der Waals surface area contributed by atoms with Gasteiger partial charge in [-0.3, -0.25) is 4.57 Å². The van der Waals surface area contributed by atoms with Crippen LogP contribution in [-0.2, 0) is 0 Å². The first-order valence-electron chi connectivity index (χ1n) is 23.1. The van der Waals surface area contributed by atoms with E-state index in [0.717, 1.165) is 72.6 Å². The largest absolute Gasteiger partial charge is 0.333 e. The van der Waals surface area contributed by atoms with E-state index in [-0.39, 0.29) is 12.0 Å². The molecule has 0 bridgehead atoms. The van der Waals surface area contributed by atoms with Crippen molar-refractivity contribution in [2.75, 3.05) is 4.90 Å². The molecule has 0 N–H and O–H groups in total. The number of hydrogen-bond donors (Lipinski definition) is 0. The number of pyridine rings is 1. The molecule has 2 aliphatic rings. The van der Waals surface area contributed by atoms with Crippen molar-refractivity contribution in [3.8, 4) is 73.5 Å². The lowest BCUT2D eigenvalue weighted by molar-refractivity contribution is 0.745. The molecule has 0 radical (unpaired) electrons. The summed E-state index contributed by atoms with van der Waals surface area (Å²) in [7, 11) is 0. The number of aromatic nitrogens is 5. The number of para-hydroxylation sites is 1. The summed E-state index contributed by atoms with van der Waals surface area (Å²) in [4.78, 5) is 23.2. The molecule has 8 aromatic carbocycles. The van der Waals surface area contributed by atoms with E-state index in [1.165, 1.54) is 22.1 Å². The molecule has 2 unspecified atom stereocenters. The lowest BCUT2D eigenvalue weighted by Crippen LogP contribution is -2.28. The Bertz CT molecular complexity index is 3660. The van der Waals surface area contributed by atoms with E-state index < -0.39 is 0 Å². The SMILES string of the molecule is C1=CC2c3cc4c5ccccc5n(-c5nc(-c6ccccc6)nc(-c6ccccc6)n5)c4cc3N(c3ccc(-c4cc(-c5ccccc5)nc(-c5ccc(-c6ccccc6)cc5)c4)cc3)C2C=C1. The molecule has 6 heteroatoms. The smallest absolute Gasteiger partial charge is 0.238 e. The third-order valence-electron chi connectivity index (χ3n) is 13.4. The Hall–Kier alpha value is -9.00. The zero-order valence-corrected chi connectivity index (χ0v) is 36.9. The van der Waals surface area contributed by atoms with Crippen LogP contribution in [0.15, 0.2) is 243 Å². The van der Waals surface area contributed by atoms with Crippen molar-refractivity contribution < 1.29 is 0 Å². The molecule has 11 aromatic rings. The van der Waals surface area contributed by atoms with Crippen LogP contribution in [0.3, 0.4) is 0 Å². The minimum absolute atomic E-state index is 0.106. The predicted octanol–water partition coefficient (Wildman–Crippen LogP) is 15.1. The fourth-order valence-electron chi connectivity index (χ4n) is 10.1. The molecule has 1 aliphatic heterocycles. The quantitative estimate of drug-likeness (QED) is 0.152. The maximum absolute atomic E-state index is 5.23. The van der Waals surface area contributed by atoms with Crippen molar-refractivity contribution in [1.82, 2.24) is 24.5 Å². The monoisotopic (exact) mass is 870 g/mol. The summed E-state index contributed by atoms with van der Waals surface area (Å²) in [5.41, 5.74) is 16.2. The van der Waals surface area contributed by atoms with Crippen LogP contribution in [0.25, 0.3) is 95.3 Å². The number of fused-ring (bicyclic) bond motifs is 6. The molecule has 320 valence electrons. The highest BCUT2D eigenvalue weighted by Crippen LogP contribution is 2.50. The highest BCUT2D eigenvalue weighted by Gasteiger charge is 2.38. The van der Waals surface area contributed by atoms with Gasteiger partial charge in [0.1, 0.15) is 0 Å². The molecule has 0 saturated carbocycles. The standard InChI is InChI=1S/C62H42N6/c1-5-17-41(18-6-1)42-29-31-45(32-30-42)55-38-48(37-54(63-55)44-19-7-2-8-20-44)43-33-35-49(36-34-43)67-56-27-15-13-25-50(56)52-39-53-51-26-14-16-28-57(51)68(59(53)40-58(52)67)62-65-60(46-21-9-3-10-22-46)64-61(66-62)47-23-11-4-12-24-47/h1-40,50,56H. The lowest BCUT2D eigenvalue weighted by atomic mass is 9.90. The Morgan fingerprint density at radius 2 is 0.853 bits per heavy atom. The second-order valence-corrected chi connectivity index (χ2v) is 17.4. The summed E-state index contributed by atoms with van der Waals surface area (Å²) < 4.78 is 2.22. The molecule has 3 aromatic heterocycles. The van der Waals surface area contributed by atoms with Crippen molar-refractivity contribution in [2.24, 2.45) is 0 Å². The van der Waals surface area contributed by atoms with Crippen LogP contribution in [0.5, 0.6) is 0 Å². The average molecular weight is 871 g/mol. The Balaban J connectivity index is 0.934. The van der Waals surface area contributed by atoms with Crippen LogP contribution in [0.1, 0.15) is 11.5 Å². The van der Waals surface area contributed by atoms with E-state index >= 15 is 0 Å². The third kappa shape index (κ3) is 6.90. The van der Waals surface area contributed by atoms with Gasteiger partial charge in [-0.25, -0.2) is 9.97 Å². The van der Waals surface area contributed by atoms with Crippen molar-refractivity contribution in [3.63, 3.8) is 0 Å². The molecule has 0 saturated heterocycles. The van der Waals surface area contributed by atoms with Crippen molar-refractivity contribution in [3.05, 3.63) is 248 Å². The van der Waals surface area contributed by atoms with Gasteiger partial charge in [0.15, 0.2) is 11.6 Å². The van der Waals surface area contributed by atoms with E-state index in [4.69, 9.17) is 19.9 Å². The second-order valence-electron chi connectivity index (χ2n) is 17.4. The topological polar surface area (TPSA) is 59.7 Å². The van der Waals surface area contributed by atoms with Gasteiger partial charge in [0.25, 0.3) is 0 Å². The zero-order valence-electron chi connectivity index (χ0n) is 36.9. The van der Waals surface area contributed by atoms with Crippen LogP contribution >= 0.6 is 0 Å². The first kappa shape index (κ1) is 39.4. The summed E-state index contributed by atoms with van der Waals surface area (Å²) in [5.74, 6) is 2.01. The summed E-state index contributed by atoms with van der Waals surface area (Å²) in [6.45, 7) is 0. The molecular weight excluding hydrogens is 829 g/mol. The number of anilines is 2. The van der Waals surface area contributed by atoms with E-state index in [9.17, 15) is 0 Å². The molecule has 4 heterocycles. The third-order valence-corrected chi connectivity index (χ3v) is 13.4. The fourth-order valence-corrected chi connectivity index (χ4v) is 10.1. The molecule has 13 rings (SSSR count). The maximum atomic E-state index is 5.23. The lowest BCUT2D eigenvalue weighted by Gasteiger charge is -2.29. The molecule has 2 atom stereocenters. The van der Waals surface area contributed by atoms with Crippen LogP contribution in [-0.4, -0.2) is 30.5 Å². The van der Waals surface area contributed by atoms with E-state index in [1.807, 2.05) is 36.4 Å². The van der Waals surface area contributed by atoms with Crippen molar-refractivity contribution in [2.45, 2.75) is 12.0 Å². The average Bonchev–Trinajstić information content (AvgIpc) is 3.93. The Morgan fingerprint density at radius 1 is 0.353 bits per heavy atom. The van der Waals surface area contributed by atoms with Crippen LogP contribution in [0, 0.1) is 0 Å². The Labute approximate surface area is 394 Å². The Morgan fingerprint density at radius 3 is 1.50 bits per heavy atom. The minimum atomic E-state index is 0.106. The summed E-state index contributed by atoms with van der Waals surface area (Å²) in [5, 5.41) is 2.32. The normalized spacial score (nSPS) is 14.9. The van der Waals surface area contributed by atoms with E-state index in [1.54, 1.807) is 0 Å². The Kier molecular flexibility index (Phi) is 9.53. The van der Waals surface area contributed by atoms with E-state index in [2.05, 4.69) is 216 Å².